The first-order chi connectivity index (χ1) is 15.1. The van der Waals surface area contributed by atoms with Gasteiger partial charge in [0.2, 0.25) is 5.91 Å². The molecular formula is C24H31ClFN3O3. The molecule has 0 aliphatic carbocycles. The second kappa shape index (κ2) is 11.6. The van der Waals surface area contributed by atoms with Gasteiger partial charge in [0.25, 0.3) is 5.91 Å². The number of amides is 2. The van der Waals surface area contributed by atoms with Gasteiger partial charge in [0.1, 0.15) is 11.6 Å². The molecule has 2 aliphatic heterocycles. The summed E-state index contributed by atoms with van der Waals surface area (Å²) in [6.45, 7) is 3.01. The minimum Gasteiger partial charge on any atom is -0.468 e. The third kappa shape index (κ3) is 5.77. The molecule has 2 atom stereocenters. The Morgan fingerprint density at radius 1 is 1.06 bits per heavy atom. The molecule has 1 aromatic carbocycles. The lowest BCUT2D eigenvalue weighted by atomic mass is 10.1. The molecule has 4 rings (SSSR count). The van der Waals surface area contributed by atoms with Gasteiger partial charge in [-0.2, -0.15) is 0 Å². The average molecular weight is 464 g/mol. The van der Waals surface area contributed by atoms with Crippen LogP contribution in [0.2, 0.25) is 0 Å². The number of carbonyl (C=O) groups is 2. The van der Waals surface area contributed by atoms with Gasteiger partial charge < -0.3 is 9.73 Å². The van der Waals surface area contributed by atoms with E-state index in [9.17, 15) is 14.0 Å². The van der Waals surface area contributed by atoms with Crippen molar-refractivity contribution in [1.29, 1.82) is 0 Å². The van der Waals surface area contributed by atoms with Crippen molar-refractivity contribution in [2.75, 3.05) is 26.2 Å². The smallest absolute Gasteiger partial charge is 0.260 e. The first-order valence-corrected chi connectivity index (χ1v) is 11.3. The Kier molecular flexibility index (Phi) is 8.84. The number of halogens is 2. The molecule has 2 aromatic rings. The summed E-state index contributed by atoms with van der Waals surface area (Å²) in [5, 5.41) is 3.44. The van der Waals surface area contributed by atoms with Crippen molar-refractivity contribution in [3.05, 3.63) is 59.8 Å². The maximum absolute atomic E-state index is 13.2. The SMILES string of the molecule is Cl.O=C(c1ccc(F)cc1)N1CCCCC(NCC(c2ccco2)N2CCCCC2)C1=O. The summed E-state index contributed by atoms with van der Waals surface area (Å²) < 4.78 is 18.9. The molecule has 0 saturated carbocycles. The van der Waals surface area contributed by atoms with Crippen LogP contribution in [0.25, 0.3) is 0 Å². The van der Waals surface area contributed by atoms with Gasteiger partial charge in [-0.15, -0.1) is 12.4 Å². The molecule has 2 fully saturated rings. The van der Waals surface area contributed by atoms with Crippen LogP contribution in [-0.2, 0) is 4.79 Å². The van der Waals surface area contributed by atoms with Crippen molar-refractivity contribution in [3.63, 3.8) is 0 Å². The molecule has 2 amide bonds. The Balaban J connectivity index is 0.00000289. The molecule has 0 bridgehead atoms. The predicted molar refractivity (Wildman–Crippen MR) is 122 cm³/mol. The van der Waals surface area contributed by atoms with E-state index in [1.165, 1.54) is 48.4 Å². The lowest BCUT2D eigenvalue weighted by Gasteiger charge is -2.34. The molecular weight excluding hydrogens is 433 g/mol. The van der Waals surface area contributed by atoms with Gasteiger partial charge in [-0.25, -0.2) is 4.39 Å². The highest BCUT2D eigenvalue weighted by Crippen LogP contribution is 2.25. The molecule has 3 heterocycles. The number of piperidine rings is 1. The molecule has 1 aromatic heterocycles. The summed E-state index contributed by atoms with van der Waals surface area (Å²) in [7, 11) is 0. The molecule has 6 nitrogen and oxygen atoms in total. The van der Waals surface area contributed by atoms with E-state index >= 15 is 0 Å². The van der Waals surface area contributed by atoms with Crippen LogP contribution in [0.15, 0.2) is 47.1 Å². The van der Waals surface area contributed by atoms with E-state index in [0.29, 0.717) is 25.1 Å². The second-order valence-electron chi connectivity index (χ2n) is 8.39. The minimum absolute atomic E-state index is 0. The first kappa shape index (κ1) is 24.4. The molecule has 32 heavy (non-hydrogen) atoms. The van der Waals surface area contributed by atoms with E-state index < -0.39 is 11.9 Å². The second-order valence-corrected chi connectivity index (χ2v) is 8.39. The van der Waals surface area contributed by atoms with Crippen LogP contribution >= 0.6 is 12.4 Å². The minimum atomic E-state index is -0.422. The van der Waals surface area contributed by atoms with E-state index in [2.05, 4.69) is 10.2 Å². The van der Waals surface area contributed by atoms with Gasteiger partial charge in [0.15, 0.2) is 0 Å². The number of nitrogens with one attached hydrogen (secondary N) is 1. The number of furan rings is 1. The summed E-state index contributed by atoms with van der Waals surface area (Å²) in [5.41, 5.74) is 0.331. The van der Waals surface area contributed by atoms with Gasteiger partial charge in [0.05, 0.1) is 18.3 Å². The Morgan fingerprint density at radius 3 is 2.47 bits per heavy atom. The van der Waals surface area contributed by atoms with Gasteiger partial charge in [0, 0.05) is 18.7 Å². The monoisotopic (exact) mass is 463 g/mol. The maximum Gasteiger partial charge on any atom is 0.260 e. The fourth-order valence-corrected chi connectivity index (χ4v) is 4.55. The van der Waals surface area contributed by atoms with Gasteiger partial charge >= 0.3 is 0 Å². The summed E-state index contributed by atoms with van der Waals surface area (Å²) in [4.78, 5) is 29.9. The van der Waals surface area contributed by atoms with Crippen LogP contribution in [0.3, 0.4) is 0 Å². The maximum atomic E-state index is 13.2. The highest BCUT2D eigenvalue weighted by Gasteiger charge is 2.33. The van der Waals surface area contributed by atoms with Crippen molar-refractivity contribution in [2.24, 2.45) is 0 Å². The number of likely N-dealkylation sites (tertiary alicyclic amines) is 2. The van der Waals surface area contributed by atoms with E-state index in [0.717, 1.165) is 31.7 Å². The van der Waals surface area contributed by atoms with E-state index in [1.54, 1.807) is 6.26 Å². The lowest BCUT2D eigenvalue weighted by Crippen LogP contribution is -2.50. The fraction of sp³-hybridized carbons (Fsp3) is 0.500. The van der Waals surface area contributed by atoms with Crippen LogP contribution in [0.1, 0.15) is 60.7 Å². The Labute approximate surface area is 194 Å². The van der Waals surface area contributed by atoms with Gasteiger partial charge in [-0.1, -0.05) is 6.42 Å². The highest BCUT2D eigenvalue weighted by molar-refractivity contribution is 6.06. The van der Waals surface area contributed by atoms with Crippen molar-refractivity contribution < 1.29 is 18.4 Å². The van der Waals surface area contributed by atoms with Crippen molar-refractivity contribution in [1.82, 2.24) is 15.1 Å². The summed E-state index contributed by atoms with van der Waals surface area (Å²) in [6, 6.07) is 8.88. The largest absolute Gasteiger partial charge is 0.468 e. The van der Waals surface area contributed by atoms with Gasteiger partial charge in [-0.05, 0) is 81.6 Å². The van der Waals surface area contributed by atoms with Crippen molar-refractivity contribution in [2.45, 2.75) is 50.6 Å². The number of hydrogen-bond acceptors (Lipinski definition) is 5. The Hall–Kier alpha value is -2.22. The zero-order chi connectivity index (χ0) is 21.6. The van der Waals surface area contributed by atoms with E-state index in [4.69, 9.17) is 4.42 Å². The molecule has 1 N–H and O–H groups in total. The first-order valence-electron chi connectivity index (χ1n) is 11.3. The van der Waals surface area contributed by atoms with Crippen LogP contribution in [0.4, 0.5) is 4.39 Å². The summed E-state index contributed by atoms with van der Waals surface area (Å²) >= 11 is 0. The van der Waals surface area contributed by atoms with Crippen LogP contribution in [0.5, 0.6) is 0 Å². The van der Waals surface area contributed by atoms with Crippen molar-refractivity contribution >= 4 is 24.2 Å². The standard InChI is InChI=1S/C24H30FN3O3.ClH/c25-19-11-9-18(10-12-19)23(29)28-15-5-2-7-20(24(28)30)26-17-21(22-8-6-16-31-22)27-13-3-1-4-14-27;/h6,8-12,16,20-21,26H,1-5,7,13-15,17H2;1H. The lowest BCUT2D eigenvalue weighted by molar-refractivity contribution is -0.130. The summed E-state index contributed by atoms with van der Waals surface area (Å²) in [6.07, 6.45) is 7.59. The molecule has 0 radical (unpaired) electrons. The highest BCUT2D eigenvalue weighted by atomic mass is 35.5. The quantitative estimate of drug-likeness (QED) is 0.651. The Bertz CT molecular complexity index is 869. The van der Waals surface area contributed by atoms with Crippen LogP contribution in [-0.4, -0.2) is 53.8 Å². The molecule has 2 unspecified atom stereocenters. The van der Waals surface area contributed by atoms with Crippen LogP contribution < -0.4 is 5.32 Å². The third-order valence-corrected chi connectivity index (χ3v) is 6.29. The number of carbonyl (C=O) groups excluding carboxylic acids is 2. The van der Waals surface area contributed by atoms with Crippen LogP contribution in [0, 0.1) is 5.82 Å². The zero-order valence-corrected chi connectivity index (χ0v) is 19.0. The molecule has 8 heteroatoms. The predicted octanol–water partition coefficient (Wildman–Crippen LogP) is 4.18. The van der Waals surface area contributed by atoms with Gasteiger partial charge in [-0.3, -0.25) is 19.4 Å². The number of benzene rings is 1. The Morgan fingerprint density at radius 2 is 1.78 bits per heavy atom. The molecule has 174 valence electrons. The summed E-state index contributed by atoms with van der Waals surface area (Å²) in [5.74, 6) is -0.0735. The fourth-order valence-electron chi connectivity index (χ4n) is 4.55. The van der Waals surface area contributed by atoms with E-state index in [-0.39, 0.29) is 30.3 Å². The number of rotatable bonds is 6. The zero-order valence-electron chi connectivity index (χ0n) is 18.2. The normalized spacial score (nSPS) is 21.0. The topological polar surface area (TPSA) is 65.8 Å². The number of nitrogens with zero attached hydrogens (tertiary/aromatic N) is 2. The molecule has 2 saturated heterocycles. The van der Waals surface area contributed by atoms with Crippen molar-refractivity contribution in [3.8, 4) is 0 Å². The number of imide groups is 1. The molecule has 2 aliphatic rings. The third-order valence-electron chi connectivity index (χ3n) is 6.29. The molecule has 0 spiro atoms. The number of hydrogen-bond donors (Lipinski definition) is 1. The average Bonchev–Trinajstić information content (AvgIpc) is 3.26. The van der Waals surface area contributed by atoms with E-state index in [1.807, 2.05) is 12.1 Å².